The first-order chi connectivity index (χ1) is 9.02. The van der Waals surface area contributed by atoms with Gasteiger partial charge in [0, 0.05) is 25.7 Å². The van der Waals surface area contributed by atoms with E-state index in [1.165, 1.54) is 45.3 Å². The summed E-state index contributed by atoms with van der Waals surface area (Å²) in [7, 11) is 6.59. The van der Waals surface area contributed by atoms with Crippen molar-refractivity contribution in [2.75, 3.05) is 47.3 Å². The zero-order valence-electron chi connectivity index (χ0n) is 13.8. The molecule has 0 spiro atoms. The highest BCUT2D eigenvalue weighted by Crippen LogP contribution is 2.29. The number of rotatable bonds is 8. The third kappa shape index (κ3) is 6.73. The van der Waals surface area contributed by atoms with Crippen molar-refractivity contribution in [2.45, 2.75) is 45.6 Å². The fourth-order valence-corrected chi connectivity index (χ4v) is 3.16. The van der Waals surface area contributed by atoms with E-state index in [-0.39, 0.29) is 0 Å². The molecule has 0 heterocycles. The van der Waals surface area contributed by atoms with Crippen molar-refractivity contribution in [1.82, 2.24) is 15.1 Å². The van der Waals surface area contributed by atoms with Crippen molar-refractivity contribution in [3.63, 3.8) is 0 Å². The molecule has 114 valence electrons. The van der Waals surface area contributed by atoms with Gasteiger partial charge >= 0.3 is 0 Å². The van der Waals surface area contributed by atoms with Crippen molar-refractivity contribution in [3.8, 4) is 0 Å². The Kier molecular flexibility index (Phi) is 7.96. The van der Waals surface area contributed by atoms with Gasteiger partial charge in [0.15, 0.2) is 0 Å². The van der Waals surface area contributed by atoms with Gasteiger partial charge in [0.1, 0.15) is 0 Å². The van der Waals surface area contributed by atoms with Gasteiger partial charge in [0.25, 0.3) is 0 Å². The third-order valence-electron chi connectivity index (χ3n) is 4.38. The average Bonchev–Trinajstić information content (AvgIpc) is 2.35. The maximum atomic E-state index is 3.78. The standard InChI is InChI=1S/C16H35N3/c1-6-9-17-16-8-7-14(2)12-15(16)13-19(5)11-10-18(3)4/h14-17H,6-13H2,1-5H3. The molecule has 0 aliphatic heterocycles. The predicted molar refractivity (Wildman–Crippen MR) is 84.6 cm³/mol. The topological polar surface area (TPSA) is 18.5 Å². The van der Waals surface area contributed by atoms with Gasteiger partial charge in [0.2, 0.25) is 0 Å². The van der Waals surface area contributed by atoms with Gasteiger partial charge in [0.05, 0.1) is 0 Å². The molecular weight excluding hydrogens is 234 g/mol. The van der Waals surface area contributed by atoms with Crippen molar-refractivity contribution >= 4 is 0 Å². The Bertz CT molecular complexity index is 228. The zero-order chi connectivity index (χ0) is 14.3. The molecule has 3 unspecified atom stereocenters. The molecule has 0 bridgehead atoms. The van der Waals surface area contributed by atoms with Gasteiger partial charge in [-0.1, -0.05) is 13.8 Å². The summed E-state index contributed by atoms with van der Waals surface area (Å²) in [6.07, 6.45) is 5.41. The van der Waals surface area contributed by atoms with Gasteiger partial charge in [-0.15, -0.1) is 0 Å². The minimum absolute atomic E-state index is 0.748. The number of likely N-dealkylation sites (N-methyl/N-ethyl adjacent to an activating group) is 2. The molecule has 0 amide bonds. The fourth-order valence-electron chi connectivity index (χ4n) is 3.16. The van der Waals surface area contributed by atoms with E-state index in [0.717, 1.165) is 24.4 Å². The molecule has 0 aromatic rings. The molecule has 0 saturated heterocycles. The summed E-state index contributed by atoms with van der Waals surface area (Å²) >= 11 is 0. The van der Waals surface area contributed by atoms with E-state index >= 15 is 0 Å². The first kappa shape index (κ1) is 16.9. The number of hydrogen-bond acceptors (Lipinski definition) is 3. The Hall–Kier alpha value is -0.120. The maximum Gasteiger partial charge on any atom is 0.0108 e. The van der Waals surface area contributed by atoms with Gasteiger partial charge in [-0.05, 0) is 65.2 Å². The molecular formula is C16H35N3. The Morgan fingerprint density at radius 2 is 1.84 bits per heavy atom. The maximum absolute atomic E-state index is 3.78. The fraction of sp³-hybridized carbons (Fsp3) is 1.00. The van der Waals surface area contributed by atoms with Crippen LogP contribution in [-0.4, -0.2) is 63.2 Å². The molecule has 0 aromatic heterocycles. The van der Waals surface area contributed by atoms with E-state index in [2.05, 4.69) is 50.1 Å². The van der Waals surface area contributed by atoms with Crippen LogP contribution in [-0.2, 0) is 0 Å². The summed E-state index contributed by atoms with van der Waals surface area (Å²) in [5.41, 5.74) is 0. The van der Waals surface area contributed by atoms with E-state index in [1.54, 1.807) is 0 Å². The predicted octanol–water partition coefficient (Wildman–Crippen LogP) is 2.28. The highest BCUT2D eigenvalue weighted by molar-refractivity contribution is 4.85. The lowest BCUT2D eigenvalue weighted by Gasteiger charge is -2.38. The molecule has 1 aliphatic rings. The molecule has 0 radical (unpaired) electrons. The number of nitrogens with zero attached hydrogens (tertiary/aromatic N) is 2. The summed E-state index contributed by atoms with van der Waals surface area (Å²) in [6, 6.07) is 0.748. The summed E-state index contributed by atoms with van der Waals surface area (Å²) in [5.74, 6) is 1.74. The Labute approximate surface area is 120 Å². The minimum atomic E-state index is 0.748. The smallest absolute Gasteiger partial charge is 0.0108 e. The third-order valence-corrected chi connectivity index (χ3v) is 4.38. The second-order valence-electron chi connectivity index (χ2n) is 6.80. The molecule has 1 N–H and O–H groups in total. The van der Waals surface area contributed by atoms with E-state index < -0.39 is 0 Å². The van der Waals surface area contributed by atoms with E-state index in [9.17, 15) is 0 Å². The van der Waals surface area contributed by atoms with Crippen molar-refractivity contribution in [3.05, 3.63) is 0 Å². The van der Waals surface area contributed by atoms with Gasteiger partial charge in [-0.25, -0.2) is 0 Å². The number of nitrogens with one attached hydrogen (secondary N) is 1. The first-order valence-corrected chi connectivity index (χ1v) is 8.09. The second-order valence-corrected chi connectivity index (χ2v) is 6.80. The van der Waals surface area contributed by atoms with Crippen LogP contribution in [0.3, 0.4) is 0 Å². The van der Waals surface area contributed by atoms with E-state index in [0.29, 0.717) is 0 Å². The highest BCUT2D eigenvalue weighted by atomic mass is 15.2. The summed E-state index contributed by atoms with van der Waals surface area (Å²) in [4.78, 5) is 4.79. The average molecular weight is 269 g/mol. The van der Waals surface area contributed by atoms with Crippen LogP contribution < -0.4 is 5.32 Å². The SMILES string of the molecule is CCCNC1CCC(C)CC1CN(C)CCN(C)C. The van der Waals surface area contributed by atoms with Gasteiger partial charge in [-0.3, -0.25) is 0 Å². The number of hydrogen-bond donors (Lipinski definition) is 1. The van der Waals surface area contributed by atoms with E-state index in [1.807, 2.05) is 0 Å². The summed E-state index contributed by atoms with van der Waals surface area (Å²) in [6.45, 7) is 9.44. The Balaban J connectivity index is 2.40. The van der Waals surface area contributed by atoms with Crippen molar-refractivity contribution < 1.29 is 0 Å². The van der Waals surface area contributed by atoms with Gasteiger partial charge < -0.3 is 15.1 Å². The molecule has 1 aliphatic carbocycles. The van der Waals surface area contributed by atoms with Crippen LogP contribution in [0.2, 0.25) is 0 Å². The molecule has 0 aromatic carbocycles. The largest absolute Gasteiger partial charge is 0.314 e. The summed E-state index contributed by atoms with van der Waals surface area (Å²) < 4.78 is 0. The first-order valence-electron chi connectivity index (χ1n) is 8.09. The Morgan fingerprint density at radius 1 is 1.11 bits per heavy atom. The van der Waals surface area contributed by atoms with Crippen LogP contribution in [0.1, 0.15) is 39.5 Å². The molecule has 3 heteroatoms. The normalized spacial score (nSPS) is 28.3. The lowest BCUT2D eigenvalue weighted by molar-refractivity contribution is 0.155. The van der Waals surface area contributed by atoms with Crippen molar-refractivity contribution in [1.29, 1.82) is 0 Å². The zero-order valence-corrected chi connectivity index (χ0v) is 13.8. The van der Waals surface area contributed by atoms with Gasteiger partial charge in [-0.2, -0.15) is 0 Å². The lowest BCUT2D eigenvalue weighted by atomic mass is 9.78. The van der Waals surface area contributed by atoms with Crippen LogP contribution >= 0.6 is 0 Å². The van der Waals surface area contributed by atoms with Crippen LogP contribution in [0.5, 0.6) is 0 Å². The minimum Gasteiger partial charge on any atom is -0.314 e. The van der Waals surface area contributed by atoms with E-state index in [4.69, 9.17) is 0 Å². The summed E-state index contributed by atoms with van der Waals surface area (Å²) in [5, 5.41) is 3.78. The molecule has 1 fully saturated rings. The van der Waals surface area contributed by atoms with Crippen LogP contribution in [0, 0.1) is 11.8 Å². The second kappa shape index (κ2) is 8.93. The monoisotopic (exact) mass is 269 g/mol. The molecule has 3 nitrogen and oxygen atoms in total. The van der Waals surface area contributed by atoms with Crippen molar-refractivity contribution in [2.24, 2.45) is 11.8 Å². The van der Waals surface area contributed by atoms with Crippen LogP contribution in [0.15, 0.2) is 0 Å². The lowest BCUT2D eigenvalue weighted by Crippen LogP contribution is -2.46. The van der Waals surface area contributed by atoms with Crippen LogP contribution in [0.4, 0.5) is 0 Å². The molecule has 3 atom stereocenters. The quantitative estimate of drug-likeness (QED) is 0.729. The Morgan fingerprint density at radius 3 is 2.47 bits per heavy atom. The molecule has 1 saturated carbocycles. The molecule has 1 rings (SSSR count). The highest BCUT2D eigenvalue weighted by Gasteiger charge is 2.28. The van der Waals surface area contributed by atoms with Crippen LogP contribution in [0.25, 0.3) is 0 Å². The molecule has 19 heavy (non-hydrogen) atoms.